The molecule has 0 aliphatic carbocycles. The van der Waals surface area contributed by atoms with Crippen LogP contribution in [0.3, 0.4) is 0 Å². The fourth-order valence-electron chi connectivity index (χ4n) is 4.75. The zero-order chi connectivity index (χ0) is 24.1. The predicted molar refractivity (Wildman–Crippen MR) is 142 cm³/mol. The average Bonchev–Trinajstić information content (AvgIpc) is 3.41. The van der Waals surface area contributed by atoms with Gasteiger partial charge >= 0.3 is 0 Å². The molecule has 0 radical (unpaired) electrons. The molecule has 1 saturated heterocycles. The number of nitrogens with one attached hydrogen (secondary N) is 2. The molecule has 8 nitrogen and oxygen atoms in total. The van der Waals surface area contributed by atoms with E-state index in [1.807, 2.05) is 19.2 Å². The molecule has 2 aromatic carbocycles. The van der Waals surface area contributed by atoms with Gasteiger partial charge in [0.05, 0.1) is 17.9 Å². The maximum atomic E-state index is 5.03. The molecule has 1 fully saturated rings. The van der Waals surface area contributed by atoms with Gasteiger partial charge in [-0.05, 0) is 57.1 Å². The Labute approximate surface area is 204 Å². The summed E-state index contributed by atoms with van der Waals surface area (Å²) in [6.07, 6.45) is 4.00. The van der Waals surface area contributed by atoms with Gasteiger partial charge < -0.3 is 15.1 Å². The van der Waals surface area contributed by atoms with Crippen molar-refractivity contribution in [3.63, 3.8) is 0 Å². The minimum Gasteiger partial charge on any atom is -0.353 e. The first-order chi connectivity index (χ1) is 17.0. The third kappa shape index (κ3) is 3.89. The van der Waals surface area contributed by atoms with Gasteiger partial charge in [0.1, 0.15) is 17.3 Å². The molecular weight excluding hydrogens is 436 g/mol. The molecule has 6 rings (SSSR count). The Morgan fingerprint density at radius 1 is 0.971 bits per heavy atom. The Morgan fingerprint density at radius 2 is 1.80 bits per heavy atom. The first-order valence-corrected chi connectivity index (χ1v) is 12.1. The van der Waals surface area contributed by atoms with Crippen molar-refractivity contribution in [2.45, 2.75) is 20.8 Å². The highest BCUT2D eigenvalue weighted by atomic mass is 15.3. The standard InChI is InChI=1S/C27H30N8/c1-17-5-6-18(2)23(13-17)29-27-26(20-7-8-22-21(14-20)19(3)31-32-22)30-24-15-28-25(16-35(24)27)34-11-9-33(4)10-12-34/h5-8,13-16,29H,9-12H2,1-4H3,(H,31,32). The van der Waals surface area contributed by atoms with Crippen molar-refractivity contribution in [3.8, 4) is 11.3 Å². The van der Waals surface area contributed by atoms with E-state index in [-0.39, 0.29) is 0 Å². The van der Waals surface area contributed by atoms with E-state index in [4.69, 9.17) is 9.97 Å². The number of imidazole rings is 1. The number of nitrogens with zero attached hydrogens (tertiary/aromatic N) is 6. The van der Waals surface area contributed by atoms with Crippen molar-refractivity contribution < 1.29 is 0 Å². The minimum absolute atomic E-state index is 0.815. The van der Waals surface area contributed by atoms with Crippen LogP contribution < -0.4 is 10.2 Å². The van der Waals surface area contributed by atoms with Crippen LogP contribution in [0.25, 0.3) is 27.8 Å². The zero-order valence-electron chi connectivity index (χ0n) is 20.6. The molecule has 178 valence electrons. The zero-order valence-corrected chi connectivity index (χ0v) is 20.6. The molecule has 8 heteroatoms. The van der Waals surface area contributed by atoms with Crippen LogP contribution in [0.2, 0.25) is 0 Å². The number of aromatic nitrogens is 5. The van der Waals surface area contributed by atoms with Gasteiger partial charge in [-0.25, -0.2) is 9.97 Å². The monoisotopic (exact) mass is 466 g/mol. The van der Waals surface area contributed by atoms with E-state index in [0.29, 0.717) is 0 Å². The number of piperazine rings is 1. The van der Waals surface area contributed by atoms with Crippen molar-refractivity contribution in [1.29, 1.82) is 0 Å². The number of anilines is 3. The molecule has 4 heterocycles. The van der Waals surface area contributed by atoms with Gasteiger partial charge in [0.15, 0.2) is 5.65 Å². The lowest BCUT2D eigenvalue weighted by atomic mass is 10.1. The first-order valence-electron chi connectivity index (χ1n) is 12.1. The molecule has 2 N–H and O–H groups in total. The highest BCUT2D eigenvalue weighted by molar-refractivity contribution is 5.89. The lowest BCUT2D eigenvalue weighted by Crippen LogP contribution is -2.44. The summed E-state index contributed by atoms with van der Waals surface area (Å²) < 4.78 is 2.14. The van der Waals surface area contributed by atoms with Crippen LogP contribution in [0.5, 0.6) is 0 Å². The molecule has 0 saturated carbocycles. The molecular formula is C27H30N8. The molecule has 0 bridgehead atoms. The molecule has 0 amide bonds. The number of aryl methyl sites for hydroxylation is 3. The lowest BCUT2D eigenvalue weighted by Gasteiger charge is -2.33. The highest BCUT2D eigenvalue weighted by Gasteiger charge is 2.20. The first kappa shape index (κ1) is 21.6. The van der Waals surface area contributed by atoms with Gasteiger partial charge in [-0.1, -0.05) is 18.2 Å². The largest absolute Gasteiger partial charge is 0.353 e. The van der Waals surface area contributed by atoms with Crippen LogP contribution >= 0.6 is 0 Å². The number of hydrogen-bond acceptors (Lipinski definition) is 6. The normalized spacial score (nSPS) is 14.8. The number of likely N-dealkylation sites (N-methyl/N-ethyl adjacent to an activating group) is 1. The van der Waals surface area contributed by atoms with E-state index in [0.717, 1.165) is 77.0 Å². The Bertz CT molecular complexity index is 1540. The van der Waals surface area contributed by atoms with Gasteiger partial charge in [-0.2, -0.15) is 5.10 Å². The molecule has 1 aliphatic rings. The fraction of sp³-hybridized carbons (Fsp3) is 0.296. The van der Waals surface area contributed by atoms with E-state index in [1.165, 1.54) is 11.1 Å². The molecule has 35 heavy (non-hydrogen) atoms. The van der Waals surface area contributed by atoms with Gasteiger partial charge in [-0.3, -0.25) is 9.50 Å². The highest BCUT2D eigenvalue weighted by Crippen LogP contribution is 2.34. The average molecular weight is 467 g/mol. The second-order valence-electron chi connectivity index (χ2n) is 9.60. The topological polar surface area (TPSA) is 77.4 Å². The van der Waals surface area contributed by atoms with Crippen LogP contribution in [0.1, 0.15) is 16.8 Å². The number of H-pyrrole nitrogens is 1. The van der Waals surface area contributed by atoms with Crippen LogP contribution in [-0.2, 0) is 0 Å². The van der Waals surface area contributed by atoms with E-state index in [1.54, 1.807) is 0 Å². The van der Waals surface area contributed by atoms with Crippen LogP contribution in [0, 0.1) is 20.8 Å². The van der Waals surface area contributed by atoms with Crippen molar-refractivity contribution >= 4 is 33.9 Å². The summed E-state index contributed by atoms with van der Waals surface area (Å²) in [5.74, 6) is 1.91. The third-order valence-corrected chi connectivity index (χ3v) is 6.99. The van der Waals surface area contributed by atoms with E-state index >= 15 is 0 Å². The summed E-state index contributed by atoms with van der Waals surface area (Å²) in [6.45, 7) is 10.3. The van der Waals surface area contributed by atoms with Crippen LogP contribution in [-0.4, -0.2) is 62.7 Å². The SMILES string of the molecule is Cc1ccc(C)c(Nc2c(-c3ccc4n[nH]c(C)c4c3)nc3cnc(N4CCN(C)CC4)cn23)c1. The van der Waals surface area contributed by atoms with Crippen molar-refractivity contribution in [3.05, 3.63) is 65.6 Å². The second kappa shape index (κ2) is 8.39. The van der Waals surface area contributed by atoms with Crippen molar-refractivity contribution in [1.82, 2.24) is 29.5 Å². The number of fused-ring (bicyclic) bond motifs is 2. The van der Waals surface area contributed by atoms with Crippen LogP contribution in [0.15, 0.2) is 48.8 Å². The lowest BCUT2D eigenvalue weighted by molar-refractivity contribution is 0.312. The fourth-order valence-corrected chi connectivity index (χ4v) is 4.75. The van der Waals surface area contributed by atoms with Gasteiger partial charge in [-0.15, -0.1) is 0 Å². The molecule has 5 aromatic rings. The number of hydrogen-bond donors (Lipinski definition) is 2. The Balaban J connectivity index is 1.52. The molecule has 0 spiro atoms. The summed E-state index contributed by atoms with van der Waals surface area (Å²) >= 11 is 0. The molecule has 3 aromatic heterocycles. The quantitative estimate of drug-likeness (QED) is 0.400. The summed E-state index contributed by atoms with van der Waals surface area (Å²) in [5, 5.41) is 12.3. The Hall–Kier alpha value is -3.91. The maximum absolute atomic E-state index is 5.03. The molecule has 0 unspecified atom stereocenters. The van der Waals surface area contributed by atoms with E-state index < -0.39 is 0 Å². The Kier molecular flexibility index (Phi) is 5.18. The van der Waals surface area contributed by atoms with E-state index in [2.05, 4.69) is 87.1 Å². The minimum atomic E-state index is 0.815. The third-order valence-electron chi connectivity index (χ3n) is 6.99. The molecule has 0 atom stereocenters. The van der Waals surface area contributed by atoms with Gasteiger partial charge in [0, 0.05) is 48.5 Å². The Morgan fingerprint density at radius 3 is 2.63 bits per heavy atom. The summed E-state index contributed by atoms with van der Waals surface area (Å²) in [4.78, 5) is 14.5. The summed E-state index contributed by atoms with van der Waals surface area (Å²) in [6, 6.07) is 12.8. The van der Waals surface area contributed by atoms with Crippen molar-refractivity contribution in [2.24, 2.45) is 0 Å². The summed E-state index contributed by atoms with van der Waals surface area (Å²) in [5.41, 5.74) is 8.23. The second-order valence-corrected chi connectivity index (χ2v) is 9.60. The van der Waals surface area contributed by atoms with Gasteiger partial charge in [0.25, 0.3) is 0 Å². The maximum Gasteiger partial charge on any atom is 0.157 e. The number of aromatic amines is 1. The number of rotatable bonds is 4. The molecule has 1 aliphatic heterocycles. The van der Waals surface area contributed by atoms with Crippen molar-refractivity contribution in [2.75, 3.05) is 43.4 Å². The number of benzene rings is 2. The smallest absolute Gasteiger partial charge is 0.157 e. The van der Waals surface area contributed by atoms with Gasteiger partial charge in [0.2, 0.25) is 0 Å². The van der Waals surface area contributed by atoms with E-state index in [9.17, 15) is 0 Å². The predicted octanol–water partition coefficient (Wildman–Crippen LogP) is 4.69. The summed E-state index contributed by atoms with van der Waals surface area (Å²) in [7, 11) is 2.17. The van der Waals surface area contributed by atoms with Crippen LogP contribution in [0.4, 0.5) is 17.3 Å².